The van der Waals surface area contributed by atoms with Crippen LogP contribution in [0.3, 0.4) is 0 Å². The molecule has 0 aliphatic carbocycles. The van der Waals surface area contributed by atoms with Crippen LogP contribution in [0.15, 0.2) is 66.7 Å². The van der Waals surface area contributed by atoms with Gasteiger partial charge in [0.25, 0.3) is 0 Å². The first-order valence-corrected chi connectivity index (χ1v) is 13.5. The molecule has 1 aliphatic heterocycles. The van der Waals surface area contributed by atoms with Crippen LogP contribution in [0.1, 0.15) is 31.2 Å². The molecule has 198 valence electrons. The number of imidazole rings is 1. The van der Waals surface area contributed by atoms with Gasteiger partial charge in [-0.05, 0) is 42.3 Å². The molecule has 0 spiro atoms. The van der Waals surface area contributed by atoms with E-state index in [0.29, 0.717) is 48.8 Å². The molecule has 0 amide bonds. The van der Waals surface area contributed by atoms with Crippen molar-refractivity contribution in [1.29, 1.82) is 0 Å². The third-order valence-electron chi connectivity index (χ3n) is 6.90. The minimum atomic E-state index is -0.292. The largest absolute Gasteiger partial charge is 0.486 e. The summed E-state index contributed by atoms with van der Waals surface area (Å²) in [7, 11) is 0. The predicted octanol–water partition coefficient (Wildman–Crippen LogP) is 5.95. The number of fused-ring (bicyclic) bond motifs is 1. The van der Waals surface area contributed by atoms with Crippen molar-refractivity contribution in [3.63, 3.8) is 0 Å². The lowest BCUT2D eigenvalue weighted by Gasteiger charge is -2.36. The smallest absolute Gasteiger partial charge is 0.148 e. The Morgan fingerprint density at radius 2 is 1.76 bits per heavy atom. The summed E-state index contributed by atoms with van der Waals surface area (Å²) in [6, 6.07) is 20.7. The van der Waals surface area contributed by atoms with E-state index in [1.165, 1.54) is 6.07 Å². The van der Waals surface area contributed by atoms with Gasteiger partial charge in [0, 0.05) is 50.2 Å². The Bertz CT molecular complexity index is 1380. The summed E-state index contributed by atoms with van der Waals surface area (Å²) in [5.74, 6) is 1.44. The average Bonchev–Trinajstić information content (AvgIpc) is 3.25. The first-order valence-electron chi connectivity index (χ1n) is 13.1. The monoisotopic (exact) mass is 534 g/mol. The molecule has 1 aliphatic rings. The van der Waals surface area contributed by atoms with Crippen LogP contribution in [0.25, 0.3) is 11.0 Å². The van der Waals surface area contributed by atoms with Gasteiger partial charge in [0.05, 0.1) is 23.3 Å². The van der Waals surface area contributed by atoms with Crippen LogP contribution < -0.4 is 9.64 Å². The molecule has 0 unspecified atom stereocenters. The van der Waals surface area contributed by atoms with Gasteiger partial charge in [0.2, 0.25) is 0 Å². The number of para-hydroxylation sites is 1. The maximum Gasteiger partial charge on any atom is 0.148 e. The molecule has 1 saturated heterocycles. The van der Waals surface area contributed by atoms with E-state index in [2.05, 4.69) is 14.4 Å². The number of nitrogens with zero attached hydrogens (tertiary/aromatic N) is 4. The summed E-state index contributed by atoms with van der Waals surface area (Å²) in [6.45, 7) is 6.09. The number of Topliss-reactive ketones (excluding diaryl/α,β-unsaturated/α-hetero) is 1. The predicted molar refractivity (Wildman–Crippen MR) is 150 cm³/mol. The van der Waals surface area contributed by atoms with Crippen molar-refractivity contribution in [2.24, 2.45) is 0 Å². The van der Waals surface area contributed by atoms with Gasteiger partial charge < -0.3 is 14.2 Å². The van der Waals surface area contributed by atoms with Crippen LogP contribution >= 0.6 is 11.6 Å². The number of rotatable bonds is 10. The second kappa shape index (κ2) is 12.0. The summed E-state index contributed by atoms with van der Waals surface area (Å²) in [5, 5.41) is 0.678. The Balaban J connectivity index is 1.42. The van der Waals surface area contributed by atoms with Crippen LogP contribution in [0.2, 0.25) is 5.02 Å². The van der Waals surface area contributed by atoms with Gasteiger partial charge in [-0.2, -0.15) is 0 Å². The molecular formula is C30H32ClFN4O2. The summed E-state index contributed by atoms with van der Waals surface area (Å²) in [5.41, 5.74) is 3.06. The van der Waals surface area contributed by atoms with E-state index in [-0.39, 0.29) is 18.2 Å². The quantitative estimate of drug-likeness (QED) is 0.252. The lowest BCUT2D eigenvalue weighted by atomic mass is 10.2. The second-order valence-corrected chi connectivity index (χ2v) is 10.1. The standard InChI is InChI=1S/C30H32ClFN4O2/c1-2-6-24(37)20-34-13-15-35(16-14-34)28-18-29-27(17-26(28)32)33-30(21-38-25-7-4-3-5-8-25)36(29)19-22-9-11-23(31)12-10-22/h3-5,7-12,17-18H,2,6,13-16,19-21H2,1H3. The normalized spacial score (nSPS) is 14.2. The molecule has 0 saturated carbocycles. The molecule has 8 heteroatoms. The first kappa shape index (κ1) is 26.2. The van der Waals surface area contributed by atoms with Crippen LogP contribution in [0.5, 0.6) is 5.75 Å². The van der Waals surface area contributed by atoms with E-state index in [9.17, 15) is 4.79 Å². The molecule has 3 aromatic carbocycles. The highest BCUT2D eigenvalue weighted by molar-refractivity contribution is 6.30. The van der Waals surface area contributed by atoms with Crippen molar-refractivity contribution in [3.8, 4) is 5.75 Å². The Morgan fingerprint density at radius 1 is 1.03 bits per heavy atom. The van der Waals surface area contributed by atoms with Crippen LogP contribution in [0, 0.1) is 5.82 Å². The third-order valence-corrected chi connectivity index (χ3v) is 7.15. The van der Waals surface area contributed by atoms with Gasteiger partial charge in [-0.15, -0.1) is 0 Å². The first-order chi connectivity index (χ1) is 18.5. The minimum absolute atomic E-state index is 0.258. The maximum atomic E-state index is 15.4. The van der Waals surface area contributed by atoms with Gasteiger partial charge in [0.15, 0.2) is 0 Å². The zero-order valence-corrected chi connectivity index (χ0v) is 22.3. The molecule has 0 atom stereocenters. The molecular weight excluding hydrogens is 503 g/mol. The van der Waals surface area contributed by atoms with Gasteiger partial charge in [0.1, 0.15) is 29.8 Å². The highest BCUT2D eigenvalue weighted by Gasteiger charge is 2.23. The Labute approximate surface area is 227 Å². The lowest BCUT2D eigenvalue weighted by molar-refractivity contribution is -0.120. The molecule has 38 heavy (non-hydrogen) atoms. The van der Waals surface area contributed by atoms with E-state index in [0.717, 1.165) is 42.2 Å². The van der Waals surface area contributed by atoms with Crippen molar-refractivity contribution in [2.45, 2.75) is 32.9 Å². The molecule has 2 heterocycles. The number of aromatic nitrogens is 2. The minimum Gasteiger partial charge on any atom is -0.486 e. The Morgan fingerprint density at radius 3 is 2.47 bits per heavy atom. The Kier molecular flexibility index (Phi) is 8.25. The highest BCUT2D eigenvalue weighted by atomic mass is 35.5. The number of ether oxygens (including phenoxy) is 1. The summed E-state index contributed by atoms with van der Waals surface area (Å²) in [4.78, 5) is 21.1. The van der Waals surface area contributed by atoms with Crippen molar-refractivity contribution < 1.29 is 13.9 Å². The van der Waals surface area contributed by atoms with Gasteiger partial charge in [-0.3, -0.25) is 9.69 Å². The van der Waals surface area contributed by atoms with Crippen molar-refractivity contribution in [2.75, 3.05) is 37.6 Å². The SMILES string of the molecule is CCCC(=O)CN1CCN(c2cc3c(cc2F)nc(COc2ccccc2)n3Cc2ccc(Cl)cc2)CC1. The fourth-order valence-corrected chi connectivity index (χ4v) is 5.03. The van der Waals surface area contributed by atoms with Crippen molar-refractivity contribution in [1.82, 2.24) is 14.5 Å². The van der Waals surface area contributed by atoms with E-state index < -0.39 is 0 Å². The number of anilines is 1. The number of halogens is 2. The zero-order chi connectivity index (χ0) is 26.5. The summed E-state index contributed by atoms with van der Waals surface area (Å²) < 4.78 is 23.5. The summed E-state index contributed by atoms with van der Waals surface area (Å²) in [6.07, 6.45) is 1.48. The van der Waals surface area contributed by atoms with Crippen molar-refractivity contribution >= 4 is 34.1 Å². The number of ketones is 1. The number of carbonyl (C=O) groups excluding carboxylic acids is 1. The van der Waals surface area contributed by atoms with Crippen molar-refractivity contribution in [3.05, 3.63) is 89.0 Å². The molecule has 5 rings (SSSR count). The zero-order valence-electron chi connectivity index (χ0n) is 21.6. The fourth-order valence-electron chi connectivity index (χ4n) is 4.90. The topological polar surface area (TPSA) is 50.6 Å². The molecule has 1 fully saturated rings. The molecule has 1 aromatic heterocycles. The van der Waals surface area contributed by atoms with Crippen LogP contribution in [0.4, 0.5) is 10.1 Å². The van der Waals surface area contributed by atoms with E-state index in [4.69, 9.17) is 21.3 Å². The molecule has 0 radical (unpaired) electrons. The number of hydrogen-bond donors (Lipinski definition) is 0. The van der Waals surface area contributed by atoms with E-state index in [1.807, 2.05) is 67.6 Å². The van der Waals surface area contributed by atoms with Gasteiger partial charge in [-0.1, -0.05) is 48.9 Å². The lowest BCUT2D eigenvalue weighted by Crippen LogP contribution is -2.48. The highest BCUT2D eigenvalue weighted by Crippen LogP contribution is 2.29. The van der Waals surface area contributed by atoms with Crippen LogP contribution in [-0.4, -0.2) is 53.0 Å². The number of benzene rings is 3. The maximum absolute atomic E-state index is 15.4. The number of carbonyl (C=O) groups is 1. The average molecular weight is 535 g/mol. The summed E-state index contributed by atoms with van der Waals surface area (Å²) >= 11 is 6.11. The Hall–Kier alpha value is -3.42. The fraction of sp³-hybridized carbons (Fsp3) is 0.333. The number of hydrogen-bond acceptors (Lipinski definition) is 5. The van der Waals surface area contributed by atoms with Gasteiger partial charge >= 0.3 is 0 Å². The molecule has 0 N–H and O–H groups in total. The third kappa shape index (κ3) is 6.17. The number of piperazine rings is 1. The van der Waals surface area contributed by atoms with Crippen LogP contribution in [-0.2, 0) is 17.9 Å². The van der Waals surface area contributed by atoms with E-state index in [1.54, 1.807) is 0 Å². The second-order valence-electron chi connectivity index (χ2n) is 9.69. The van der Waals surface area contributed by atoms with E-state index >= 15 is 4.39 Å². The molecule has 0 bridgehead atoms. The van der Waals surface area contributed by atoms with Gasteiger partial charge in [-0.25, -0.2) is 9.37 Å². The molecule has 6 nitrogen and oxygen atoms in total. The molecule has 4 aromatic rings.